The van der Waals surface area contributed by atoms with E-state index in [1.807, 2.05) is 20.8 Å². The van der Waals surface area contributed by atoms with Gasteiger partial charge in [0.15, 0.2) is 0 Å². The second-order valence-corrected chi connectivity index (χ2v) is 27.5. The molecule has 0 aliphatic carbocycles. The van der Waals surface area contributed by atoms with Gasteiger partial charge in [0, 0.05) is 180 Å². The normalized spacial score (nSPS) is 13.1. The van der Waals surface area contributed by atoms with Crippen LogP contribution in [0.2, 0.25) is 12.1 Å². The molecular formula is C67H110N4O26Si2. The zero-order chi connectivity index (χ0) is 74.2. The van der Waals surface area contributed by atoms with E-state index in [9.17, 15) is 71.9 Å². The van der Waals surface area contributed by atoms with Gasteiger partial charge >= 0.3 is 29.5 Å². The van der Waals surface area contributed by atoms with Crippen molar-refractivity contribution < 1.29 is 122 Å². The Balaban J connectivity index is 0. The van der Waals surface area contributed by atoms with Crippen LogP contribution in [0.3, 0.4) is 0 Å². The summed E-state index contributed by atoms with van der Waals surface area (Å²) in [5, 5.41) is 3.23. The molecule has 32 heteroatoms. The van der Waals surface area contributed by atoms with Crippen LogP contribution in [0, 0.1) is 0 Å². The molecule has 99 heavy (non-hydrogen) atoms. The number of amides is 7. The monoisotopic (exact) mass is 1440 g/mol. The van der Waals surface area contributed by atoms with E-state index < -0.39 is 41.4 Å². The number of aldehydes is 4. The smallest absolute Gasteiger partial charge is 0.463 e. The van der Waals surface area contributed by atoms with Crippen molar-refractivity contribution in [2.75, 3.05) is 107 Å². The maximum absolute atomic E-state index is 12.2. The summed E-state index contributed by atoms with van der Waals surface area (Å²) < 4.78 is 53.5. The van der Waals surface area contributed by atoms with Crippen LogP contribution in [0.25, 0.3) is 0 Å². The first-order valence-corrected chi connectivity index (χ1v) is 37.9. The van der Waals surface area contributed by atoms with E-state index in [0.29, 0.717) is 153 Å². The molecule has 3 aliphatic rings. The molecule has 0 aromatic heterocycles. The maximum atomic E-state index is 12.2. The quantitative estimate of drug-likeness (QED) is 0.0179. The van der Waals surface area contributed by atoms with Gasteiger partial charge in [0.05, 0.1) is 46.1 Å². The molecule has 3 aliphatic heterocycles. The summed E-state index contributed by atoms with van der Waals surface area (Å²) in [6.07, 6.45) is 24.1. The summed E-state index contributed by atoms with van der Waals surface area (Å²) in [6.45, 7) is 14.0. The Morgan fingerprint density at radius 3 is 1.41 bits per heavy atom. The van der Waals surface area contributed by atoms with Gasteiger partial charge in [-0.3, -0.25) is 53.0 Å². The number of imide groups is 3. The predicted octanol–water partition coefficient (Wildman–Crippen LogP) is 6.12. The fraction of sp³-hybridized carbons (Fsp3) is 0.687. The minimum atomic E-state index is -2.61. The van der Waals surface area contributed by atoms with Crippen LogP contribution in [0.1, 0.15) is 181 Å². The number of carbonyl (C=O) groups is 15. The third-order valence-corrected chi connectivity index (χ3v) is 20.1. The number of rotatable bonds is 57. The number of carbonyl (C=O) groups excluding carboxylic acids is 15. The SMILES string of the molecule is C=CC(=O)OCCC[Si](OC)(OC)OC.CCO[Si](CCCCC(=O)CCCCCCCC(=O)CCN1C(=O)C=CC1=O)(OCC)OCC.O=C(CCCCCN1C(=O)C=CC1=O)NCCOCCOCCC(=O)ON1C(=O)CCC1=O.O=CCCCC=O.O=CCCCOCCC=O. The second-order valence-electron chi connectivity index (χ2n) is 21.7. The molecule has 30 nitrogen and oxygen atoms in total. The molecule has 0 aromatic carbocycles. The summed E-state index contributed by atoms with van der Waals surface area (Å²) in [6, 6.07) is 1.36. The molecule has 562 valence electrons. The highest BCUT2D eigenvalue weighted by Crippen LogP contribution is 2.21. The van der Waals surface area contributed by atoms with E-state index in [4.69, 9.17) is 50.3 Å². The lowest BCUT2D eigenvalue weighted by Crippen LogP contribution is -2.45. The molecule has 0 atom stereocenters. The Morgan fingerprint density at radius 2 is 0.909 bits per heavy atom. The lowest BCUT2D eigenvalue weighted by Gasteiger charge is -2.28. The van der Waals surface area contributed by atoms with Gasteiger partial charge in [0.1, 0.15) is 36.7 Å². The van der Waals surface area contributed by atoms with Gasteiger partial charge in [-0.15, -0.1) is 5.06 Å². The largest absolute Gasteiger partial charge is 0.500 e. The number of Topliss-reactive ketones (excluding diaryl/α,β-unsaturated/α-hetero) is 2. The lowest BCUT2D eigenvalue weighted by molar-refractivity contribution is -0.198. The van der Waals surface area contributed by atoms with Crippen molar-refractivity contribution in [1.29, 1.82) is 0 Å². The molecule has 1 saturated heterocycles. The van der Waals surface area contributed by atoms with Gasteiger partial charge in [-0.1, -0.05) is 32.3 Å². The maximum Gasteiger partial charge on any atom is 0.500 e. The van der Waals surface area contributed by atoms with Crippen LogP contribution in [-0.4, -0.2) is 230 Å². The summed E-state index contributed by atoms with van der Waals surface area (Å²) in [7, 11) is -0.474. The van der Waals surface area contributed by atoms with Crippen molar-refractivity contribution in [2.24, 2.45) is 0 Å². The van der Waals surface area contributed by atoms with Crippen LogP contribution in [-0.2, 0) is 122 Å². The lowest BCUT2D eigenvalue weighted by atomic mass is 10.0. The molecule has 0 unspecified atom stereocenters. The van der Waals surface area contributed by atoms with Crippen LogP contribution >= 0.6 is 0 Å². The summed E-state index contributed by atoms with van der Waals surface area (Å²) in [5.74, 6) is -3.20. The highest BCUT2D eigenvalue weighted by molar-refractivity contribution is 6.61. The van der Waals surface area contributed by atoms with Crippen molar-refractivity contribution >= 4 is 108 Å². The van der Waals surface area contributed by atoms with Crippen molar-refractivity contribution in [3.8, 4) is 0 Å². The Morgan fingerprint density at radius 1 is 0.465 bits per heavy atom. The molecule has 0 radical (unpaired) electrons. The number of hydroxylamine groups is 2. The molecule has 7 amide bonds. The Hall–Kier alpha value is -6.86. The molecule has 3 heterocycles. The summed E-state index contributed by atoms with van der Waals surface area (Å²) in [4.78, 5) is 172. The van der Waals surface area contributed by atoms with Gasteiger partial charge in [0.2, 0.25) is 5.91 Å². The van der Waals surface area contributed by atoms with Gasteiger partial charge in [-0.25, -0.2) is 9.59 Å². The first-order chi connectivity index (χ1) is 47.7. The van der Waals surface area contributed by atoms with E-state index in [2.05, 4.69) is 11.9 Å². The minimum absolute atomic E-state index is 0.0453. The van der Waals surface area contributed by atoms with Crippen molar-refractivity contribution in [3.63, 3.8) is 0 Å². The van der Waals surface area contributed by atoms with Crippen LogP contribution in [0.4, 0.5) is 0 Å². The molecule has 1 fully saturated rings. The molecule has 0 saturated carbocycles. The van der Waals surface area contributed by atoms with E-state index >= 15 is 0 Å². The van der Waals surface area contributed by atoms with Gasteiger partial charge in [-0.05, 0) is 78.6 Å². The molecule has 0 bridgehead atoms. The zero-order valence-electron chi connectivity index (χ0n) is 59.1. The standard InChI is InChI=1S/C25H43NO7Si.C21H29N3O9.C9H18O5Si.C7H12O3.C5H8O2/c1-4-31-34(32-5-2,33-6-3)21-13-12-16-22(27)14-10-8-7-9-11-15-23(28)19-20-26-24(29)17-18-25(26)30;25-16(4-2-1-3-11-23-17(26)5-6-18(23)27)22-10-13-32-15-14-31-12-9-21(30)33-24-19(28)7-8-20(24)29;1-5-9(10)14-7-6-8-15(11-2,12-3)13-4;8-4-1-2-6-10-7-3-5-9;6-4-2-1-3-5-7/h17-18H,4-16,19-21H2,1-3H3;5-6H,1-4,7-15H2,(H,22,25);5H,1,6-8H2,2-4H3;4-5H,1-3,6-7H2;4-5H,1-3H2. The number of esters is 1. The van der Waals surface area contributed by atoms with E-state index in [0.717, 1.165) is 100.0 Å². The fourth-order valence-electron chi connectivity index (χ4n) is 8.86. The average molecular weight is 1440 g/mol. The number of hydrogen-bond acceptors (Lipinski definition) is 26. The summed E-state index contributed by atoms with van der Waals surface area (Å²) in [5.41, 5.74) is 0. The first kappa shape index (κ1) is 94.2. The topological polar surface area (TPSA) is 379 Å². The Kier molecular flexibility index (Phi) is 60.3. The molecule has 0 aromatic rings. The molecular weight excluding hydrogens is 1330 g/mol. The van der Waals surface area contributed by atoms with Gasteiger partial charge in [-0.2, -0.15) is 0 Å². The van der Waals surface area contributed by atoms with Crippen molar-refractivity contribution in [2.45, 2.75) is 193 Å². The fourth-order valence-corrected chi connectivity index (χ4v) is 13.2. The Bertz CT molecular complexity index is 2360. The molecule has 1 N–H and O–H groups in total. The highest BCUT2D eigenvalue weighted by Gasteiger charge is 2.40. The minimum Gasteiger partial charge on any atom is -0.463 e. The van der Waals surface area contributed by atoms with Crippen LogP contribution in [0.5, 0.6) is 0 Å². The number of hydrogen-bond donors (Lipinski definition) is 1. The Labute approximate surface area is 585 Å². The van der Waals surface area contributed by atoms with Gasteiger partial charge in [0.25, 0.3) is 35.4 Å². The van der Waals surface area contributed by atoms with E-state index in [-0.39, 0.29) is 87.4 Å². The number of nitrogens with one attached hydrogen (secondary N) is 1. The summed E-state index contributed by atoms with van der Waals surface area (Å²) >= 11 is 0. The third kappa shape index (κ3) is 49.4. The number of ketones is 2. The second kappa shape index (κ2) is 63.3. The number of unbranched alkanes of at least 4 members (excludes halogenated alkanes) is 10. The van der Waals surface area contributed by atoms with Crippen LogP contribution < -0.4 is 5.32 Å². The average Bonchev–Trinajstić information content (AvgIpc) is 1.83. The predicted molar refractivity (Wildman–Crippen MR) is 363 cm³/mol. The van der Waals surface area contributed by atoms with Crippen molar-refractivity contribution in [1.82, 2.24) is 20.2 Å². The van der Waals surface area contributed by atoms with Gasteiger partial charge < -0.3 is 74.8 Å². The zero-order valence-corrected chi connectivity index (χ0v) is 61.1. The third-order valence-electron chi connectivity index (χ3n) is 14.1. The van der Waals surface area contributed by atoms with Crippen LogP contribution in [0.15, 0.2) is 37.0 Å². The van der Waals surface area contributed by atoms with Crippen molar-refractivity contribution in [3.05, 3.63) is 37.0 Å². The molecule has 0 spiro atoms. The molecule has 3 rings (SSSR count). The first-order valence-electron chi connectivity index (χ1n) is 34.0. The van der Waals surface area contributed by atoms with E-state index in [1.54, 1.807) is 21.3 Å². The highest BCUT2D eigenvalue weighted by atomic mass is 28.4. The van der Waals surface area contributed by atoms with E-state index in [1.165, 1.54) is 29.2 Å². The number of ether oxygens (including phenoxy) is 4. The number of nitrogens with zero attached hydrogens (tertiary/aromatic N) is 3.